The summed E-state index contributed by atoms with van der Waals surface area (Å²) in [5.41, 5.74) is 0. The van der Waals surface area contributed by atoms with Gasteiger partial charge in [0.05, 0.1) is 0 Å². The van der Waals surface area contributed by atoms with Crippen molar-refractivity contribution in [2.24, 2.45) is 0 Å². The quantitative estimate of drug-likeness (QED) is 0.324. The van der Waals surface area contributed by atoms with Gasteiger partial charge < -0.3 is 20.4 Å². The molecule has 1 radical (unpaired) electrons. The van der Waals surface area contributed by atoms with Gasteiger partial charge in [0.25, 0.3) is 25.0 Å². The van der Waals surface area contributed by atoms with E-state index in [1.807, 2.05) is 0 Å². The van der Waals surface area contributed by atoms with Crippen molar-refractivity contribution < 1.29 is 40.8 Å². The van der Waals surface area contributed by atoms with Crippen molar-refractivity contribution in [3.63, 3.8) is 0 Å². The van der Waals surface area contributed by atoms with Crippen LogP contribution < -0.4 is 0 Å². The van der Waals surface area contributed by atoms with Crippen LogP contribution in [0.5, 0.6) is 0 Å². The Kier molecular flexibility index (Phi) is 367. The van der Waals surface area contributed by atoms with E-state index < -0.39 is 0 Å². The molecule has 0 amide bonds. The van der Waals surface area contributed by atoms with Gasteiger partial charge in [-0.15, -0.1) is 0 Å². The zero-order chi connectivity index (χ0) is 10.8. The Morgan fingerprint density at radius 3 is 0.571 bits per heavy atom. The van der Waals surface area contributed by atoms with Gasteiger partial charge in [0, 0.05) is 71.8 Å². The summed E-state index contributed by atoms with van der Waals surface area (Å²) in [4.78, 5) is 0. The van der Waals surface area contributed by atoms with E-state index in [2.05, 4.69) is 0 Å². The van der Waals surface area contributed by atoms with Crippen LogP contribution in [-0.2, 0) is 20.4 Å². The summed E-state index contributed by atoms with van der Waals surface area (Å²) in [6, 6.07) is 0. The molecule has 0 saturated heterocycles. The third-order valence-corrected chi connectivity index (χ3v) is 0. The molecule has 0 heterocycles. The minimum atomic E-state index is 0. The van der Waals surface area contributed by atoms with Crippen LogP contribution in [0.4, 0.5) is 0 Å². The molecular formula is C4H4KN4O4Pd. The zero-order valence-electron chi connectivity index (χ0n) is 6.89. The molecule has 0 aromatic carbocycles. The van der Waals surface area contributed by atoms with E-state index >= 15 is 0 Å². The van der Waals surface area contributed by atoms with E-state index in [0.29, 0.717) is 0 Å². The molecule has 0 spiro atoms. The SMILES string of the molecule is N#CO.N#CO.N#CO.N#CO.[K].[Pd]. The zero-order valence-corrected chi connectivity index (χ0v) is 11.6. The summed E-state index contributed by atoms with van der Waals surface area (Å²) in [6.45, 7) is 0. The molecule has 4 N–H and O–H groups in total. The fourth-order valence-electron chi connectivity index (χ4n) is 0. The van der Waals surface area contributed by atoms with Crippen LogP contribution in [0.25, 0.3) is 0 Å². The van der Waals surface area contributed by atoms with Gasteiger partial charge in [-0.25, -0.2) is 0 Å². The summed E-state index contributed by atoms with van der Waals surface area (Å²) in [5, 5.41) is 55.0. The molecule has 0 bridgehead atoms. The van der Waals surface area contributed by atoms with Gasteiger partial charge in [-0.05, 0) is 0 Å². The molecule has 0 saturated carbocycles. The number of aliphatic hydroxyl groups excluding tert-OH is 4. The summed E-state index contributed by atoms with van der Waals surface area (Å²) in [6.07, 6.45) is 3.00. The van der Waals surface area contributed by atoms with Crippen LogP contribution >= 0.6 is 0 Å². The van der Waals surface area contributed by atoms with Gasteiger partial charge in [-0.3, -0.25) is 0 Å². The fourth-order valence-corrected chi connectivity index (χ4v) is 0. The van der Waals surface area contributed by atoms with Crippen molar-refractivity contribution in [3.8, 4) is 25.0 Å². The molecule has 0 aliphatic carbocycles. The van der Waals surface area contributed by atoms with E-state index in [9.17, 15) is 0 Å². The normalized spacial score (nSPS) is 2.00. The number of nitrogens with zero attached hydrogens (tertiary/aromatic N) is 4. The Balaban J connectivity index is -0.0000000145. The molecule has 8 nitrogen and oxygen atoms in total. The van der Waals surface area contributed by atoms with E-state index in [1.54, 1.807) is 0 Å². The van der Waals surface area contributed by atoms with Gasteiger partial charge in [0.1, 0.15) is 0 Å². The second-order valence-electron chi connectivity index (χ2n) is 0.400. The Labute approximate surface area is 136 Å². The van der Waals surface area contributed by atoms with Crippen LogP contribution in [0, 0.1) is 46.1 Å². The average molecular weight is 318 g/mol. The van der Waals surface area contributed by atoms with Crippen molar-refractivity contribution in [2.75, 3.05) is 0 Å². The third-order valence-electron chi connectivity index (χ3n) is 0. The number of hydrogen-bond acceptors (Lipinski definition) is 8. The van der Waals surface area contributed by atoms with Crippen molar-refractivity contribution >= 4 is 51.4 Å². The summed E-state index contributed by atoms with van der Waals surface area (Å²) in [5.74, 6) is 0. The third kappa shape index (κ3) is 4280. The molecule has 14 heavy (non-hydrogen) atoms. The summed E-state index contributed by atoms with van der Waals surface area (Å²) < 4.78 is 0. The largest absolute Gasteiger partial charge is 0.443 e. The average Bonchev–Trinajstić information content (AvgIpc) is 1.92. The maximum Gasteiger partial charge on any atom is 0.283 e. The van der Waals surface area contributed by atoms with Crippen LogP contribution in [0.2, 0.25) is 0 Å². The molecule has 10 heteroatoms. The van der Waals surface area contributed by atoms with Crippen molar-refractivity contribution in [1.82, 2.24) is 0 Å². The van der Waals surface area contributed by atoms with Crippen LogP contribution in [0.15, 0.2) is 0 Å². The minimum Gasteiger partial charge on any atom is -0.443 e. The number of nitriles is 4. The molecule has 0 fully saturated rings. The summed E-state index contributed by atoms with van der Waals surface area (Å²) in [7, 11) is 0. The summed E-state index contributed by atoms with van der Waals surface area (Å²) >= 11 is 0. The molecule has 75 valence electrons. The standard InChI is InChI=1S/4CHNO.K.Pd/c4*2-1-3;;/h4*3H;;. The number of rotatable bonds is 0. The monoisotopic (exact) mass is 317 g/mol. The molecule has 0 rings (SSSR count). The molecule has 0 aliphatic heterocycles. The van der Waals surface area contributed by atoms with Gasteiger partial charge >= 0.3 is 0 Å². The predicted octanol–water partition coefficient (Wildman–Crippen LogP) is -1.02. The first-order valence-corrected chi connectivity index (χ1v) is 1.79. The van der Waals surface area contributed by atoms with Crippen molar-refractivity contribution in [1.29, 1.82) is 21.0 Å². The molecule has 0 aromatic heterocycles. The van der Waals surface area contributed by atoms with Crippen LogP contribution in [0.1, 0.15) is 0 Å². The minimum absolute atomic E-state index is 0. The Bertz CT molecular complexity index is 163. The molecular weight excluding hydrogens is 314 g/mol. The Morgan fingerprint density at radius 1 is 0.571 bits per heavy atom. The van der Waals surface area contributed by atoms with Crippen molar-refractivity contribution in [3.05, 3.63) is 0 Å². The van der Waals surface area contributed by atoms with E-state index in [0.717, 1.165) is 25.0 Å². The van der Waals surface area contributed by atoms with Crippen LogP contribution in [0.3, 0.4) is 0 Å². The first kappa shape index (κ1) is 37.6. The smallest absolute Gasteiger partial charge is 0.283 e. The molecule has 0 aliphatic rings. The van der Waals surface area contributed by atoms with E-state index in [1.165, 1.54) is 0 Å². The first-order valence-electron chi connectivity index (χ1n) is 1.79. The second kappa shape index (κ2) is 137. The molecule has 0 unspecified atom stereocenters. The van der Waals surface area contributed by atoms with Crippen LogP contribution in [-0.4, -0.2) is 71.8 Å². The maximum absolute atomic E-state index is 6.88. The van der Waals surface area contributed by atoms with Gasteiger partial charge in [-0.1, -0.05) is 0 Å². The number of hydrogen-bond donors (Lipinski definition) is 4. The maximum atomic E-state index is 6.88. The molecule has 0 atom stereocenters. The van der Waals surface area contributed by atoms with Gasteiger partial charge in [0.15, 0.2) is 0 Å². The van der Waals surface area contributed by atoms with E-state index in [-0.39, 0.29) is 71.8 Å². The van der Waals surface area contributed by atoms with E-state index in [4.69, 9.17) is 41.5 Å². The molecule has 0 aromatic rings. The first-order chi connectivity index (χ1) is 5.66. The predicted molar refractivity (Wildman–Crippen MR) is 35.9 cm³/mol. The Hall–Kier alpha value is -0.541. The van der Waals surface area contributed by atoms with Gasteiger partial charge in [-0.2, -0.15) is 21.0 Å². The second-order valence-corrected chi connectivity index (χ2v) is 0.400. The topological polar surface area (TPSA) is 176 Å². The van der Waals surface area contributed by atoms with Gasteiger partial charge in [0.2, 0.25) is 0 Å². The Morgan fingerprint density at radius 2 is 0.571 bits per heavy atom. The number of aliphatic hydroxyl groups is 4. The van der Waals surface area contributed by atoms with Crippen molar-refractivity contribution in [2.45, 2.75) is 0 Å². The fraction of sp³-hybridized carbons (Fsp3) is 0.